The molecule has 1 atom stereocenters. The van der Waals surface area contributed by atoms with Gasteiger partial charge in [0.15, 0.2) is 0 Å². The van der Waals surface area contributed by atoms with Crippen LogP contribution in [0.3, 0.4) is 0 Å². The number of aliphatic carboxylic acids is 1. The molecular weight excluding hydrogens is 92.1 g/mol. The van der Waals surface area contributed by atoms with Crippen molar-refractivity contribution in [2.45, 2.75) is 13.3 Å². The van der Waals surface area contributed by atoms with Crippen molar-refractivity contribution in [2.24, 2.45) is 0 Å². The maximum atomic E-state index is 9.91. The lowest BCUT2D eigenvalue weighted by Crippen LogP contribution is -1.88. The monoisotopic (exact) mass is 102 g/mol. The summed E-state index contributed by atoms with van der Waals surface area (Å²) in [7, 11) is 0. The fraction of sp³-hybridized carbons (Fsp3) is 0.400. The van der Waals surface area contributed by atoms with E-state index in [1.54, 1.807) is 0 Å². The molecule has 0 fully saturated rings. The zero-order valence-corrected chi connectivity index (χ0v) is 3.79. The third-order valence-corrected chi connectivity index (χ3v) is 0.375. The largest absolute Gasteiger partial charge is 0.481 e. The Hall–Kier alpha value is -0.790. The third-order valence-electron chi connectivity index (χ3n) is 0.375. The zero-order valence-electron chi connectivity index (χ0n) is 5.79. The molecule has 7 heavy (non-hydrogen) atoms. The molecule has 0 spiro atoms. The van der Waals surface area contributed by atoms with E-state index in [0.29, 0.717) is 0 Å². The predicted molar refractivity (Wildman–Crippen MR) is 27.1 cm³/mol. The summed E-state index contributed by atoms with van der Waals surface area (Å²) in [5.74, 6) is -1.18. The molecule has 0 aliphatic carbocycles. The van der Waals surface area contributed by atoms with Crippen molar-refractivity contribution in [1.29, 1.82) is 0 Å². The Balaban J connectivity index is 3.62. The van der Waals surface area contributed by atoms with Gasteiger partial charge in [-0.05, 0) is 6.90 Å². The van der Waals surface area contributed by atoms with Crippen LogP contribution in [0.5, 0.6) is 0 Å². The molecule has 2 nitrogen and oxygen atoms in total. The van der Waals surface area contributed by atoms with Gasteiger partial charge in [-0.1, -0.05) is 12.2 Å². The van der Waals surface area contributed by atoms with Crippen LogP contribution < -0.4 is 0 Å². The van der Waals surface area contributed by atoms with Crippen molar-refractivity contribution in [3.63, 3.8) is 0 Å². The van der Waals surface area contributed by atoms with E-state index in [-0.39, 0.29) is 6.90 Å². The first-order valence-electron chi connectivity index (χ1n) is 3.08. The molecule has 0 amide bonds. The smallest absolute Gasteiger partial charge is 0.307 e. The molecule has 1 unspecified atom stereocenters. The molecule has 0 aliphatic rings. The van der Waals surface area contributed by atoms with Crippen molar-refractivity contribution in [2.75, 3.05) is 0 Å². The fourth-order valence-electron chi connectivity index (χ4n) is 0.150. The van der Waals surface area contributed by atoms with Crippen LogP contribution in [0.2, 0.25) is 0 Å². The Kier molecular flexibility index (Phi) is 1.58. The predicted octanol–water partition coefficient (Wildman–Crippen LogP) is 1.04. The second-order valence-corrected chi connectivity index (χ2v) is 0.933. The van der Waals surface area contributed by atoms with E-state index in [1.165, 1.54) is 12.2 Å². The highest BCUT2D eigenvalue weighted by atomic mass is 16.4. The number of hydrogen-bond acceptors (Lipinski definition) is 1. The highest BCUT2D eigenvalue weighted by Gasteiger charge is 1.85. The molecule has 1 N–H and O–H groups in total. The lowest BCUT2D eigenvalue weighted by Gasteiger charge is -1.77. The van der Waals surface area contributed by atoms with Crippen LogP contribution in [-0.2, 0) is 4.79 Å². The van der Waals surface area contributed by atoms with E-state index in [1.807, 2.05) is 0 Å². The van der Waals surface area contributed by atoms with Crippen molar-refractivity contribution >= 4 is 5.97 Å². The number of carboxylic acids is 1. The van der Waals surface area contributed by atoms with Crippen molar-refractivity contribution in [3.05, 3.63) is 12.2 Å². The number of allylic oxidation sites excluding steroid dienone is 1. The van der Waals surface area contributed by atoms with Gasteiger partial charge in [0, 0.05) is 2.74 Å². The second-order valence-electron chi connectivity index (χ2n) is 0.933. The molecule has 0 saturated heterocycles. The van der Waals surface area contributed by atoms with Crippen LogP contribution in [-0.4, -0.2) is 11.1 Å². The summed E-state index contributed by atoms with van der Waals surface area (Å²) in [6, 6.07) is 0. The normalized spacial score (nSPS) is 18.3. The molecule has 0 bridgehead atoms. The second kappa shape index (κ2) is 3.40. The van der Waals surface area contributed by atoms with Gasteiger partial charge in [0.25, 0.3) is 0 Å². The van der Waals surface area contributed by atoms with Crippen LogP contribution in [0.15, 0.2) is 12.2 Å². The molecule has 0 aromatic carbocycles. The summed E-state index contributed by atoms with van der Waals surface area (Å²) in [6.07, 6.45) is 1.30. The summed E-state index contributed by atoms with van der Waals surface area (Å²) >= 11 is 0. The Bertz CT molecular complexity index is 122. The highest BCUT2D eigenvalue weighted by Crippen LogP contribution is 1.79. The molecule has 2 heteroatoms. The van der Waals surface area contributed by atoms with E-state index in [2.05, 4.69) is 0 Å². The minimum Gasteiger partial charge on any atom is -0.481 e. The summed E-state index contributed by atoms with van der Waals surface area (Å²) in [5.41, 5.74) is 0. The lowest BCUT2D eigenvalue weighted by atomic mass is 10.4. The first-order valence-corrected chi connectivity index (χ1v) is 1.79. The minimum atomic E-state index is -1.21. The topological polar surface area (TPSA) is 37.3 Å². The molecule has 0 aromatic rings. The number of carbonyl (C=O) groups is 1. The summed E-state index contributed by atoms with van der Waals surface area (Å²) in [6.45, 7) is 0.0304. The third kappa shape index (κ3) is 5.21. The molecule has 0 aliphatic heterocycles. The molecule has 0 saturated carbocycles. The number of hydrogen-bond donors (Lipinski definition) is 1. The number of rotatable bonds is 2. The summed E-state index contributed by atoms with van der Waals surface area (Å²) in [4.78, 5) is 9.91. The van der Waals surface area contributed by atoms with E-state index in [0.717, 1.165) is 0 Å². The van der Waals surface area contributed by atoms with Gasteiger partial charge in [0.05, 0.1) is 6.40 Å². The molecule has 0 radical (unpaired) electrons. The van der Waals surface area contributed by atoms with Crippen molar-refractivity contribution in [1.82, 2.24) is 0 Å². The quantitative estimate of drug-likeness (QED) is 0.529. The minimum absolute atomic E-state index is 0.0304. The number of carboxylic acid groups (broad SMARTS) is 1. The first kappa shape index (κ1) is 3.24. The van der Waals surface area contributed by atoms with Crippen LogP contribution in [0.25, 0.3) is 0 Å². The van der Waals surface area contributed by atoms with Gasteiger partial charge in [-0.15, -0.1) is 0 Å². The molecule has 0 rings (SSSR count). The Morgan fingerprint density at radius 2 is 3.00 bits per heavy atom. The molecule has 0 aromatic heterocycles. The van der Waals surface area contributed by atoms with Crippen LogP contribution in [0, 0.1) is 0 Å². The van der Waals surface area contributed by atoms with Gasteiger partial charge >= 0.3 is 5.97 Å². The maximum Gasteiger partial charge on any atom is 0.307 e. The van der Waals surface area contributed by atoms with E-state index in [4.69, 9.17) is 7.85 Å². The van der Waals surface area contributed by atoms with E-state index >= 15 is 0 Å². The van der Waals surface area contributed by atoms with Gasteiger partial charge in [-0.3, -0.25) is 4.79 Å². The van der Waals surface area contributed by atoms with E-state index < -0.39 is 12.4 Å². The standard InChI is InChI=1S/C5H8O2/c1-2-3-4-5(6)7/h2-3H,4H2,1H3,(H,6,7)/b3-2+/i1D,4D. The average Bonchev–Trinajstić information content (AvgIpc) is 1.82. The van der Waals surface area contributed by atoms with Crippen LogP contribution >= 0.6 is 0 Å². The molecular formula is C5H8O2. The van der Waals surface area contributed by atoms with Crippen LogP contribution in [0.4, 0.5) is 0 Å². The Morgan fingerprint density at radius 1 is 2.29 bits per heavy atom. The summed E-state index contributed by atoms with van der Waals surface area (Å²) in [5, 5.41) is 8.11. The zero-order chi connectivity index (χ0) is 7.28. The lowest BCUT2D eigenvalue weighted by molar-refractivity contribution is -0.136. The molecule has 40 valence electrons. The maximum absolute atomic E-state index is 9.91. The molecule has 0 heterocycles. The summed E-state index contributed by atoms with van der Waals surface area (Å²) < 4.78 is 13.3. The Labute approximate surface area is 45.3 Å². The van der Waals surface area contributed by atoms with Crippen molar-refractivity contribution in [3.8, 4) is 0 Å². The van der Waals surface area contributed by atoms with Gasteiger partial charge in [0.2, 0.25) is 0 Å². The van der Waals surface area contributed by atoms with Gasteiger partial charge < -0.3 is 5.11 Å². The van der Waals surface area contributed by atoms with E-state index in [9.17, 15) is 4.79 Å². The average molecular weight is 102 g/mol. The Morgan fingerprint density at radius 3 is 3.43 bits per heavy atom. The SMILES string of the molecule is [2H]C/C=C/C([2H])C(=O)O. The fourth-order valence-corrected chi connectivity index (χ4v) is 0.150. The van der Waals surface area contributed by atoms with Crippen LogP contribution in [0.1, 0.15) is 16.0 Å². The first-order chi connectivity index (χ1) is 4.18. The highest BCUT2D eigenvalue weighted by molar-refractivity contribution is 5.68. The van der Waals surface area contributed by atoms with Crippen molar-refractivity contribution < 1.29 is 12.6 Å². The van der Waals surface area contributed by atoms with Gasteiger partial charge in [-0.2, -0.15) is 0 Å². The van der Waals surface area contributed by atoms with Gasteiger partial charge in [0.1, 0.15) is 0 Å². The van der Waals surface area contributed by atoms with Gasteiger partial charge in [-0.25, -0.2) is 0 Å².